The average molecular weight is 456 g/mol. The number of carbonyl (C=O) groups is 2. The molecule has 0 aromatic heterocycles. The smallest absolute Gasteiger partial charge is 0.387 e. The molecule has 9 heteroatoms. The zero-order valence-corrected chi connectivity index (χ0v) is 16.2. The molecule has 28 heavy (non-hydrogen) atoms. The van der Waals surface area contributed by atoms with Crippen molar-refractivity contribution in [3.8, 4) is 11.5 Å². The van der Waals surface area contributed by atoms with E-state index >= 15 is 0 Å². The third kappa shape index (κ3) is 6.66. The van der Waals surface area contributed by atoms with Gasteiger partial charge in [-0.05, 0) is 36.4 Å². The molecule has 0 saturated carbocycles. The second-order valence-electron chi connectivity index (χ2n) is 5.25. The molecule has 148 valence electrons. The fourth-order valence-electron chi connectivity index (χ4n) is 2.13. The monoisotopic (exact) mass is 455 g/mol. The Morgan fingerprint density at radius 2 is 1.93 bits per heavy atom. The van der Waals surface area contributed by atoms with Gasteiger partial charge in [-0.3, -0.25) is 4.79 Å². The first-order valence-electron chi connectivity index (χ1n) is 7.91. The molecule has 0 spiro atoms. The first-order chi connectivity index (χ1) is 13.4. The number of hydrogen-bond acceptors (Lipinski definition) is 5. The Morgan fingerprint density at radius 1 is 1.18 bits per heavy atom. The van der Waals surface area contributed by atoms with E-state index in [0.717, 1.165) is 10.5 Å². The number of methoxy groups -OCH3 is 1. The summed E-state index contributed by atoms with van der Waals surface area (Å²) in [7, 11) is 1.50. The third-order valence-corrected chi connectivity index (χ3v) is 3.81. The molecule has 0 atom stereocenters. The van der Waals surface area contributed by atoms with E-state index in [-0.39, 0.29) is 11.4 Å². The first kappa shape index (κ1) is 21.4. The quantitative estimate of drug-likeness (QED) is 0.475. The average Bonchev–Trinajstić information content (AvgIpc) is 2.66. The lowest BCUT2D eigenvalue weighted by Crippen LogP contribution is -2.20. The summed E-state index contributed by atoms with van der Waals surface area (Å²) >= 11 is 3.32. The molecule has 2 aromatic rings. The third-order valence-electron chi connectivity index (χ3n) is 3.31. The van der Waals surface area contributed by atoms with Gasteiger partial charge >= 0.3 is 12.6 Å². The van der Waals surface area contributed by atoms with Crippen molar-refractivity contribution in [3.05, 3.63) is 58.6 Å². The lowest BCUT2D eigenvalue weighted by atomic mass is 10.2. The Labute approximate surface area is 168 Å². The van der Waals surface area contributed by atoms with E-state index in [1.165, 1.54) is 37.5 Å². The van der Waals surface area contributed by atoms with Crippen molar-refractivity contribution in [1.29, 1.82) is 0 Å². The van der Waals surface area contributed by atoms with Gasteiger partial charge in [-0.15, -0.1) is 0 Å². The van der Waals surface area contributed by atoms with Gasteiger partial charge < -0.3 is 19.5 Å². The van der Waals surface area contributed by atoms with Crippen molar-refractivity contribution in [2.45, 2.75) is 6.61 Å². The van der Waals surface area contributed by atoms with Crippen LogP contribution in [0.3, 0.4) is 0 Å². The SMILES string of the molecule is COc1ccc(Br)cc1/C=C/C(=O)OCC(=O)Nc1ccccc1OC(F)F. The predicted octanol–water partition coefficient (Wildman–Crippen LogP) is 4.25. The van der Waals surface area contributed by atoms with Gasteiger partial charge in [-0.25, -0.2) is 4.79 Å². The second-order valence-corrected chi connectivity index (χ2v) is 6.17. The first-order valence-corrected chi connectivity index (χ1v) is 8.70. The number of amides is 1. The number of benzene rings is 2. The summed E-state index contributed by atoms with van der Waals surface area (Å²) in [5, 5.41) is 2.35. The molecular weight excluding hydrogens is 440 g/mol. The highest BCUT2D eigenvalue weighted by Gasteiger charge is 2.12. The van der Waals surface area contributed by atoms with Crippen LogP contribution in [-0.2, 0) is 14.3 Å². The summed E-state index contributed by atoms with van der Waals surface area (Å²) in [6, 6.07) is 10.9. The number of para-hydroxylation sites is 2. The molecule has 0 saturated heterocycles. The van der Waals surface area contributed by atoms with E-state index in [9.17, 15) is 18.4 Å². The van der Waals surface area contributed by atoms with Crippen LogP contribution in [0.2, 0.25) is 0 Å². The topological polar surface area (TPSA) is 73.9 Å². The summed E-state index contributed by atoms with van der Waals surface area (Å²) in [6.45, 7) is -3.63. The Balaban J connectivity index is 1.91. The number of ether oxygens (including phenoxy) is 3. The predicted molar refractivity (Wildman–Crippen MR) is 102 cm³/mol. The van der Waals surface area contributed by atoms with E-state index in [2.05, 4.69) is 26.0 Å². The minimum atomic E-state index is -3.03. The van der Waals surface area contributed by atoms with Crippen LogP contribution in [0.4, 0.5) is 14.5 Å². The van der Waals surface area contributed by atoms with Crippen molar-refractivity contribution in [2.75, 3.05) is 19.0 Å². The number of esters is 1. The normalized spacial score (nSPS) is 10.8. The Morgan fingerprint density at radius 3 is 2.64 bits per heavy atom. The van der Waals surface area contributed by atoms with Crippen LogP contribution in [0.15, 0.2) is 53.0 Å². The van der Waals surface area contributed by atoms with Crippen molar-refractivity contribution >= 4 is 39.6 Å². The minimum absolute atomic E-state index is 0.0401. The van der Waals surface area contributed by atoms with Crippen LogP contribution in [0.5, 0.6) is 11.5 Å². The van der Waals surface area contributed by atoms with Crippen LogP contribution in [-0.4, -0.2) is 32.2 Å². The lowest BCUT2D eigenvalue weighted by molar-refractivity contribution is -0.142. The van der Waals surface area contributed by atoms with Crippen molar-refractivity contribution < 1.29 is 32.6 Å². The second kappa shape index (κ2) is 10.4. The summed E-state index contributed by atoms with van der Waals surface area (Å²) in [5.41, 5.74) is 0.676. The van der Waals surface area contributed by atoms with Gasteiger partial charge in [0.2, 0.25) is 0 Å². The van der Waals surface area contributed by atoms with Gasteiger partial charge in [0.1, 0.15) is 11.5 Å². The number of hydrogen-bond donors (Lipinski definition) is 1. The molecule has 0 unspecified atom stereocenters. The summed E-state index contributed by atoms with van der Waals surface area (Å²) < 4.78 is 39.9. The van der Waals surface area contributed by atoms with E-state index in [1.807, 2.05) is 0 Å². The fourth-order valence-corrected chi connectivity index (χ4v) is 2.51. The van der Waals surface area contributed by atoms with E-state index in [1.54, 1.807) is 18.2 Å². The van der Waals surface area contributed by atoms with Gasteiger partial charge in [0.25, 0.3) is 5.91 Å². The zero-order chi connectivity index (χ0) is 20.5. The van der Waals surface area contributed by atoms with E-state index in [4.69, 9.17) is 9.47 Å². The van der Waals surface area contributed by atoms with Crippen molar-refractivity contribution in [2.24, 2.45) is 0 Å². The number of rotatable bonds is 8. The summed E-state index contributed by atoms with van der Waals surface area (Å²) in [6.07, 6.45) is 2.63. The van der Waals surface area contributed by atoms with Crippen LogP contribution >= 0.6 is 15.9 Å². The summed E-state index contributed by atoms with van der Waals surface area (Å²) in [5.74, 6) is -1.10. The highest BCUT2D eigenvalue weighted by Crippen LogP contribution is 2.25. The number of anilines is 1. The molecule has 0 radical (unpaired) electrons. The Hall–Kier alpha value is -2.94. The standard InChI is InChI=1S/C19H16BrF2NO5/c1-26-15-8-7-13(20)10-12(15)6-9-18(25)27-11-17(24)23-14-4-2-3-5-16(14)28-19(21)22/h2-10,19H,11H2,1H3,(H,23,24)/b9-6+. The van der Waals surface area contributed by atoms with Crippen LogP contribution in [0.1, 0.15) is 5.56 Å². The van der Waals surface area contributed by atoms with Gasteiger partial charge in [0.05, 0.1) is 12.8 Å². The molecule has 0 fully saturated rings. The number of halogens is 3. The largest absolute Gasteiger partial charge is 0.496 e. The number of alkyl halides is 2. The molecule has 2 rings (SSSR count). The van der Waals surface area contributed by atoms with Crippen molar-refractivity contribution in [3.63, 3.8) is 0 Å². The lowest BCUT2D eigenvalue weighted by Gasteiger charge is -2.11. The van der Waals surface area contributed by atoms with Gasteiger partial charge in [-0.1, -0.05) is 28.1 Å². The van der Waals surface area contributed by atoms with E-state index in [0.29, 0.717) is 11.3 Å². The molecule has 1 N–H and O–H groups in total. The molecule has 1 amide bonds. The molecular formula is C19H16BrF2NO5. The van der Waals surface area contributed by atoms with Crippen molar-refractivity contribution in [1.82, 2.24) is 0 Å². The Kier molecular flexibility index (Phi) is 7.94. The molecule has 6 nitrogen and oxygen atoms in total. The maximum Gasteiger partial charge on any atom is 0.387 e. The molecule has 0 bridgehead atoms. The van der Waals surface area contributed by atoms with Crippen LogP contribution in [0.25, 0.3) is 6.08 Å². The number of nitrogens with one attached hydrogen (secondary N) is 1. The Bertz CT molecular complexity index is 873. The minimum Gasteiger partial charge on any atom is -0.496 e. The molecule has 0 aliphatic heterocycles. The maximum atomic E-state index is 12.4. The van der Waals surface area contributed by atoms with Gasteiger partial charge in [0, 0.05) is 16.1 Å². The number of carbonyl (C=O) groups excluding carboxylic acids is 2. The van der Waals surface area contributed by atoms with Crippen LogP contribution in [0, 0.1) is 0 Å². The zero-order valence-electron chi connectivity index (χ0n) is 14.7. The molecule has 2 aromatic carbocycles. The molecule has 0 heterocycles. The van der Waals surface area contributed by atoms with Gasteiger partial charge in [0.15, 0.2) is 6.61 Å². The summed E-state index contributed by atoms with van der Waals surface area (Å²) in [4.78, 5) is 23.7. The highest BCUT2D eigenvalue weighted by molar-refractivity contribution is 9.10. The molecule has 0 aliphatic carbocycles. The molecule has 0 aliphatic rings. The maximum absolute atomic E-state index is 12.4. The fraction of sp³-hybridized carbons (Fsp3) is 0.158. The van der Waals surface area contributed by atoms with E-state index < -0.39 is 25.1 Å². The van der Waals surface area contributed by atoms with Gasteiger partial charge in [-0.2, -0.15) is 8.78 Å². The highest BCUT2D eigenvalue weighted by atomic mass is 79.9. The van der Waals surface area contributed by atoms with Crippen LogP contribution < -0.4 is 14.8 Å².